The predicted octanol–water partition coefficient (Wildman–Crippen LogP) is 4.56. The van der Waals surface area contributed by atoms with Crippen LogP contribution in [0.2, 0.25) is 0 Å². The summed E-state index contributed by atoms with van der Waals surface area (Å²) >= 11 is 0. The van der Waals surface area contributed by atoms with Gasteiger partial charge in [0.15, 0.2) is 0 Å². The van der Waals surface area contributed by atoms with E-state index in [1.807, 2.05) is 78.8 Å². The van der Waals surface area contributed by atoms with Gasteiger partial charge in [0, 0.05) is 0 Å². The monoisotopic (exact) mass is 419 g/mol. The molecule has 0 saturated carbocycles. The van der Waals surface area contributed by atoms with E-state index in [4.69, 9.17) is 18.6 Å². The van der Waals surface area contributed by atoms with Crippen LogP contribution in [0.4, 0.5) is 4.79 Å². The molecule has 1 heterocycles. The maximum absolute atomic E-state index is 12.4. The fourth-order valence-corrected chi connectivity index (χ4v) is 2.63. The molecular formula is C22H33N3O5. The van der Waals surface area contributed by atoms with E-state index in [0.29, 0.717) is 5.89 Å². The molecule has 8 nitrogen and oxygen atoms in total. The summed E-state index contributed by atoms with van der Waals surface area (Å²) < 4.78 is 22.8. The standard InChI is InChI=1S/C22H33N3O5/c1-15(30-22(5,6)7)18(19-25-24-17(29-19)14-28-21(2,3)4)23-20(26)27-13-16-11-9-8-10-12-16/h8-12,15,18H,13-14H2,1-7H3,(H,23,26)/t15?,18-/m0/s1. The second kappa shape index (κ2) is 10.0. The summed E-state index contributed by atoms with van der Waals surface area (Å²) in [4.78, 5) is 12.4. The van der Waals surface area contributed by atoms with Crippen molar-refractivity contribution in [1.82, 2.24) is 15.5 Å². The second-order valence-electron chi connectivity index (χ2n) is 9.05. The highest BCUT2D eigenvalue weighted by Gasteiger charge is 2.31. The first kappa shape index (κ1) is 23.8. The topological polar surface area (TPSA) is 95.7 Å². The summed E-state index contributed by atoms with van der Waals surface area (Å²) in [6.45, 7) is 13.8. The number of carbonyl (C=O) groups is 1. The maximum atomic E-state index is 12.4. The average molecular weight is 420 g/mol. The van der Waals surface area contributed by atoms with E-state index >= 15 is 0 Å². The van der Waals surface area contributed by atoms with Crippen molar-refractivity contribution in [2.24, 2.45) is 0 Å². The van der Waals surface area contributed by atoms with Gasteiger partial charge in [-0.2, -0.15) is 0 Å². The largest absolute Gasteiger partial charge is 0.445 e. The fraction of sp³-hybridized carbons (Fsp3) is 0.591. The molecule has 0 spiro atoms. The molecule has 0 radical (unpaired) electrons. The highest BCUT2D eigenvalue weighted by Crippen LogP contribution is 2.24. The number of benzene rings is 1. The van der Waals surface area contributed by atoms with Crippen LogP contribution in [-0.4, -0.2) is 33.6 Å². The molecule has 0 bridgehead atoms. The van der Waals surface area contributed by atoms with Gasteiger partial charge in [0.2, 0.25) is 11.8 Å². The SMILES string of the molecule is CC(OC(C)(C)C)[C@H](NC(=O)OCc1ccccc1)c1nnc(COC(C)(C)C)o1. The Morgan fingerprint density at radius 2 is 1.70 bits per heavy atom. The molecule has 1 N–H and O–H groups in total. The first-order valence-corrected chi connectivity index (χ1v) is 10.0. The van der Waals surface area contributed by atoms with Crippen LogP contribution < -0.4 is 5.32 Å². The molecule has 166 valence electrons. The normalized spacial score (nSPS) is 14.2. The Morgan fingerprint density at radius 1 is 1.03 bits per heavy atom. The molecule has 2 rings (SSSR count). The minimum atomic E-state index is -0.677. The lowest BCUT2D eigenvalue weighted by atomic mass is 10.1. The van der Waals surface area contributed by atoms with E-state index in [-0.39, 0.29) is 24.7 Å². The van der Waals surface area contributed by atoms with E-state index in [2.05, 4.69) is 15.5 Å². The van der Waals surface area contributed by atoms with Crippen molar-refractivity contribution in [1.29, 1.82) is 0 Å². The van der Waals surface area contributed by atoms with Crippen molar-refractivity contribution >= 4 is 6.09 Å². The van der Waals surface area contributed by atoms with Gasteiger partial charge in [0.05, 0.1) is 17.3 Å². The van der Waals surface area contributed by atoms with Crippen LogP contribution in [0.5, 0.6) is 0 Å². The number of hydrogen-bond acceptors (Lipinski definition) is 7. The van der Waals surface area contributed by atoms with Gasteiger partial charge in [-0.25, -0.2) is 4.79 Å². The third-order valence-electron chi connectivity index (χ3n) is 3.87. The molecule has 30 heavy (non-hydrogen) atoms. The van der Waals surface area contributed by atoms with Gasteiger partial charge >= 0.3 is 6.09 Å². The zero-order valence-electron chi connectivity index (χ0n) is 18.9. The van der Waals surface area contributed by atoms with Crippen molar-refractivity contribution in [3.63, 3.8) is 0 Å². The lowest BCUT2D eigenvalue weighted by Gasteiger charge is -2.29. The Labute approximate surface area is 178 Å². The van der Waals surface area contributed by atoms with Crippen molar-refractivity contribution in [2.45, 2.75) is 85.0 Å². The average Bonchev–Trinajstić information content (AvgIpc) is 3.10. The Kier molecular flexibility index (Phi) is 7.97. The van der Waals surface area contributed by atoms with Crippen LogP contribution in [-0.2, 0) is 27.4 Å². The second-order valence-corrected chi connectivity index (χ2v) is 9.05. The molecular weight excluding hydrogens is 386 g/mol. The number of nitrogens with one attached hydrogen (secondary N) is 1. The molecule has 8 heteroatoms. The number of ether oxygens (including phenoxy) is 3. The number of rotatable bonds is 8. The van der Waals surface area contributed by atoms with E-state index in [9.17, 15) is 4.79 Å². The van der Waals surface area contributed by atoms with Crippen LogP contribution in [0, 0.1) is 0 Å². The molecule has 1 aromatic carbocycles. The Morgan fingerprint density at radius 3 is 2.30 bits per heavy atom. The minimum absolute atomic E-state index is 0.155. The lowest BCUT2D eigenvalue weighted by Crippen LogP contribution is -2.40. The fourth-order valence-electron chi connectivity index (χ4n) is 2.63. The first-order valence-electron chi connectivity index (χ1n) is 10.0. The van der Waals surface area contributed by atoms with Gasteiger partial charge in [0.1, 0.15) is 19.3 Å². The van der Waals surface area contributed by atoms with Crippen LogP contribution >= 0.6 is 0 Å². The van der Waals surface area contributed by atoms with Gasteiger partial charge in [-0.1, -0.05) is 30.3 Å². The van der Waals surface area contributed by atoms with Crippen LogP contribution in [0.1, 0.15) is 71.9 Å². The van der Waals surface area contributed by atoms with E-state index < -0.39 is 23.8 Å². The predicted molar refractivity (Wildman–Crippen MR) is 112 cm³/mol. The number of alkyl carbamates (subject to hydrolysis) is 1. The summed E-state index contributed by atoms with van der Waals surface area (Å²) in [6, 6.07) is 8.77. The van der Waals surface area contributed by atoms with Crippen LogP contribution in [0.25, 0.3) is 0 Å². The molecule has 0 fully saturated rings. The van der Waals surface area contributed by atoms with Crippen molar-refractivity contribution < 1.29 is 23.4 Å². The number of nitrogens with zero attached hydrogens (tertiary/aromatic N) is 2. The third kappa shape index (κ3) is 8.51. The molecule has 1 amide bonds. The van der Waals surface area contributed by atoms with Crippen molar-refractivity contribution in [3.8, 4) is 0 Å². The molecule has 2 aromatic rings. The highest BCUT2D eigenvalue weighted by molar-refractivity contribution is 5.67. The van der Waals surface area contributed by atoms with Gasteiger partial charge in [-0.15, -0.1) is 10.2 Å². The van der Waals surface area contributed by atoms with Gasteiger partial charge < -0.3 is 23.9 Å². The van der Waals surface area contributed by atoms with Gasteiger partial charge in [-0.05, 0) is 54.0 Å². The summed E-state index contributed by atoms with van der Waals surface area (Å²) in [5.41, 5.74) is 0.129. The maximum Gasteiger partial charge on any atom is 0.408 e. The number of carbonyl (C=O) groups excluding carboxylic acids is 1. The van der Waals surface area contributed by atoms with E-state index in [0.717, 1.165) is 5.56 Å². The lowest BCUT2D eigenvalue weighted by molar-refractivity contribution is -0.0705. The van der Waals surface area contributed by atoms with Gasteiger partial charge in [0.25, 0.3) is 0 Å². The van der Waals surface area contributed by atoms with Crippen molar-refractivity contribution in [2.75, 3.05) is 0 Å². The quantitative estimate of drug-likeness (QED) is 0.670. The Bertz CT molecular complexity index is 793. The van der Waals surface area contributed by atoms with E-state index in [1.165, 1.54) is 0 Å². The highest BCUT2D eigenvalue weighted by atomic mass is 16.6. The molecule has 0 saturated heterocycles. The van der Waals surface area contributed by atoms with Crippen LogP contribution in [0.15, 0.2) is 34.7 Å². The smallest absolute Gasteiger partial charge is 0.408 e. The molecule has 0 aliphatic heterocycles. The molecule has 2 atom stereocenters. The van der Waals surface area contributed by atoms with Crippen LogP contribution in [0.3, 0.4) is 0 Å². The number of hydrogen-bond donors (Lipinski definition) is 1. The first-order chi connectivity index (χ1) is 13.9. The zero-order valence-corrected chi connectivity index (χ0v) is 18.9. The molecule has 1 aromatic heterocycles. The minimum Gasteiger partial charge on any atom is -0.445 e. The van der Waals surface area contributed by atoms with Gasteiger partial charge in [-0.3, -0.25) is 0 Å². The third-order valence-corrected chi connectivity index (χ3v) is 3.87. The summed E-state index contributed by atoms with van der Waals surface area (Å²) in [6.07, 6.45) is -1.04. The summed E-state index contributed by atoms with van der Waals surface area (Å²) in [5, 5.41) is 10.9. The molecule has 0 aliphatic rings. The number of aromatic nitrogens is 2. The molecule has 0 aliphatic carbocycles. The molecule has 1 unspecified atom stereocenters. The number of amides is 1. The summed E-state index contributed by atoms with van der Waals surface area (Å²) in [7, 11) is 0. The summed E-state index contributed by atoms with van der Waals surface area (Å²) in [5.74, 6) is 0.559. The Hall–Kier alpha value is -2.45. The van der Waals surface area contributed by atoms with Crippen molar-refractivity contribution in [3.05, 3.63) is 47.7 Å². The zero-order chi connectivity index (χ0) is 22.4. The Balaban J connectivity index is 2.08. The van der Waals surface area contributed by atoms with E-state index in [1.54, 1.807) is 0 Å².